The number of hydrogen-bond donors (Lipinski definition) is 2. The summed E-state index contributed by atoms with van der Waals surface area (Å²) in [5, 5.41) is 19.0. The van der Waals surface area contributed by atoms with Crippen molar-refractivity contribution in [2.75, 3.05) is 11.1 Å². The lowest BCUT2D eigenvalue weighted by Gasteiger charge is -2.11. The molecule has 0 saturated heterocycles. The van der Waals surface area contributed by atoms with Crippen LogP contribution in [0.2, 0.25) is 0 Å². The van der Waals surface area contributed by atoms with Crippen LogP contribution in [-0.4, -0.2) is 37.3 Å². The maximum atomic E-state index is 12.3. The van der Waals surface area contributed by atoms with Gasteiger partial charge in [-0.15, -0.1) is 32.9 Å². The topological polar surface area (TPSA) is 102 Å². The number of thiophene rings is 1. The number of carbonyl (C=O) groups is 2. The lowest BCUT2D eigenvalue weighted by molar-refractivity contribution is -0.113. The molecule has 0 atom stereocenters. The van der Waals surface area contributed by atoms with Gasteiger partial charge in [0, 0.05) is 17.3 Å². The summed E-state index contributed by atoms with van der Waals surface area (Å²) in [6.07, 6.45) is 1.64. The molecule has 3 heterocycles. The fourth-order valence-corrected chi connectivity index (χ4v) is 4.72. The van der Waals surface area contributed by atoms with E-state index in [0.29, 0.717) is 21.0 Å². The maximum Gasteiger partial charge on any atom is 0.261 e. The van der Waals surface area contributed by atoms with Crippen LogP contribution < -0.4 is 10.6 Å². The molecule has 1 aromatic carbocycles. The van der Waals surface area contributed by atoms with E-state index in [1.807, 2.05) is 47.2 Å². The number of aryl methyl sites for hydroxylation is 1. The van der Waals surface area contributed by atoms with E-state index >= 15 is 0 Å². The molecule has 0 bridgehead atoms. The van der Waals surface area contributed by atoms with Crippen molar-refractivity contribution in [3.63, 3.8) is 0 Å². The Hall–Kier alpha value is -3.02. The van der Waals surface area contributed by atoms with E-state index in [-0.39, 0.29) is 24.1 Å². The van der Waals surface area contributed by atoms with Crippen LogP contribution in [0.4, 0.5) is 5.13 Å². The molecular formula is C20H18N6O2S3. The van der Waals surface area contributed by atoms with Crippen molar-refractivity contribution < 1.29 is 9.59 Å². The third-order valence-corrected chi connectivity index (χ3v) is 6.61. The molecule has 0 aliphatic rings. The molecule has 0 radical (unpaired) electrons. The Bertz CT molecular complexity index is 1170. The SMILES string of the molecule is Cc1cccc(-n2c(CNC(=O)c3cccs3)nnc2SCC(=O)Nc2nccs2)c1. The van der Waals surface area contributed by atoms with Crippen molar-refractivity contribution in [1.82, 2.24) is 25.1 Å². The summed E-state index contributed by atoms with van der Waals surface area (Å²) in [7, 11) is 0. The zero-order valence-corrected chi connectivity index (χ0v) is 18.9. The first-order chi connectivity index (χ1) is 15.1. The van der Waals surface area contributed by atoms with Crippen molar-refractivity contribution in [2.45, 2.75) is 18.6 Å². The van der Waals surface area contributed by atoms with Gasteiger partial charge in [-0.25, -0.2) is 4.98 Å². The van der Waals surface area contributed by atoms with Crippen LogP contribution >= 0.6 is 34.4 Å². The fourth-order valence-electron chi connectivity index (χ4n) is 2.76. The first kappa shape index (κ1) is 21.2. The second-order valence-electron chi connectivity index (χ2n) is 6.41. The number of thiazole rings is 1. The van der Waals surface area contributed by atoms with Gasteiger partial charge in [-0.3, -0.25) is 14.2 Å². The van der Waals surface area contributed by atoms with Gasteiger partial charge >= 0.3 is 0 Å². The molecule has 0 aliphatic carbocycles. The first-order valence-electron chi connectivity index (χ1n) is 9.25. The molecule has 8 nitrogen and oxygen atoms in total. The molecule has 31 heavy (non-hydrogen) atoms. The lowest BCUT2D eigenvalue weighted by Crippen LogP contribution is -2.24. The molecule has 0 fully saturated rings. The molecule has 2 amide bonds. The highest BCUT2D eigenvalue weighted by Gasteiger charge is 2.17. The molecule has 0 saturated carbocycles. The van der Waals surface area contributed by atoms with Gasteiger partial charge in [0.05, 0.1) is 17.2 Å². The highest BCUT2D eigenvalue weighted by Crippen LogP contribution is 2.23. The third kappa shape index (κ3) is 5.37. The minimum atomic E-state index is -0.175. The van der Waals surface area contributed by atoms with Crippen molar-refractivity contribution in [3.8, 4) is 5.69 Å². The summed E-state index contributed by atoms with van der Waals surface area (Å²) in [6, 6.07) is 11.5. The molecule has 2 N–H and O–H groups in total. The molecule has 0 unspecified atom stereocenters. The van der Waals surface area contributed by atoms with Gasteiger partial charge < -0.3 is 10.6 Å². The van der Waals surface area contributed by atoms with Gasteiger partial charge in [0.25, 0.3) is 5.91 Å². The van der Waals surface area contributed by atoms with E-state index in [4.69, 9.17) is 0 Å². The number of rotatable bonds is 8. The zero-order valence-electron chi connectivity index (χ0n) is 16.4. The third-order valence-electron chi connectivity index (χ3n) is 4.12. The Morgan fingerprint density at radius 1 is 1.13 bits per heavy atom. The predicted molar refractivity (Wildman–Crippen MR) is 123 cm³/mol. The van der Waals surface area contributed by atoms with E-state index in [9.17, 15) is 9.59 Å². The molecule has 3 aromatic heterocycles. The Morgan fingerprint density at radius 2 is 2.03 bits per heavy atom. The number of nitrogens with one attached hydrogen (secondary N) is 2. The number of hydrogen-bond acceptors (Lipinski definition) is 8. The van der Waals surface area contributed by atoms with Gasteiger partial charge in [-0.2, -0.15) is 0 Å². The normalized spacial score (nSPS) is 10.7. The van der Waals surface area contributed by atoms with Gasteiger partial charge in [0.2, 0.25) is 5.91 Å². The molecular weight excluding hydrogens is 452 g/mol. The van der Waals surface area contributed by atoms with Crippen molar-refractivity contribution in [2.24, 2.45) is 0 Å². The van der Waals surface area contributed by atoms with Gasteiger partial charge in [0.1, 0.15) is 0 Å². The van der Waals surface area contributed by atoms with Crippen LogP contribution in [0, 0.1) is 6.92 Å². The Balaban J connectivity index is 1.52. The van der Waals surface area contributed by atoms with Crippen LogP contribution in [-0.2, 0) is 11.3 Å². The summed E-state index contributed by atoms with van der Waals surface area (Å²) in [5.41, 5.74) is 1.95. The van der Waals surface area contributed by atoms with Crippen molar-refractivity contribution >= 4 is 51.4 Å². The molecule has 0 aliphatic heterocycles. The Labute approximate surface area is 190 Å². The van der Waals surface area contributed by atoms with Crippen molar-refractivity contribution in [3.05, 3.63) is 69.6 Å². The van der Waals surface area contributed by atoms with Crippen LogP contribution in [0.1, 0.15) is 21.1 Å². The van der Waals surface area contributed by atoms with Crippen LogP contribution in [0.25, 0.3) is 5.69 Å². The summed E-state index contributed by atoms with van der Waals surface area (Å²) >= 11 is 4.01. The Kier molecular flexibility index (Phi) is 6.75. The number of anilines is 1. The number of benzene rings is 1. The van der Waals surface area contributed by atoms with Gasteiger partial charge in [0.15, 0.2) is 16.1 Å². The summed E-state index contributed by atoms with van der Waals surface area (Å²) in [6.45, 7) is 2.21. The largest absolute Gasteiger partial charge is 0.344 e. The van der Waals surface area contributed by atoms with E-state index in [0.717, 1.165) is 11.3 Å². The molecule has 4 rings (SSSR count). The van der Waals surface area contributed by atoms with Crippen LogP contribution in [0.15, 0.2) is 58.5 Å². The van der Waals surface area contributed by atoms with E-state index in [1.165, 1.54) is 34.4 Å². The van der Waals surface area contributed by atoms with E-state index in [1.54, 1.807) is 17.6 Å². The highest BCUT2D eigenvalue weighted by atomic mass is 32.2. The second kappa shape index (κ2) is 9.86. The van der Waals surface area contributed by atoms with E-state index in [2.05, 4.69) is 25.8 Å². The number of nitrogens with zero attached hydrogens (tertiary/aromatic N) is 4. The molecule has 4 aromatic rings. The molecule has 158 valence electrons. The quantitative estimate of drug-likeness (QED) is 0.380. The summed E-state index contributed by atoms with van der Waals surface area (Å²) in [4.78, 5) is 29.3. The van der Waals surface area contributed by atoms with Crippen LogP contribution in [0.5, 0.6) is 0 Å². The van der Waals surface area contributed by atoms with Crippen molar-refractivity contribution in [1.29, 1.82) is 0 Å². The number of amides is 2. The minimum absolute atomic E-state index is 0.158. The predicted octanol–water partition coefficient (Wildman–Crippen LogP) is 3.75. The maximum absolute atomic E-state index is 12.3. The minimum Gasteiger partial charge on any atom is -0.344 e. The Morgan fingerprint density at radius 3 is 2.77 bits per heavy atom. The van der Waals surface area contributed by atoms with Crippen LogP contribution in [0.3, 0.4) is 0 Å². The van der Waals surface area contributed by atoms with E-state index < -0.39 is 0 Å². The number of thioether (sulfide) groups is 1. The number of carbonyl (C=O) groups excluding carboxylic acids is 2. The van der Waals surface area contributed by atoms with Gasteiger partial charge in [-0.05, 0) is 36.1 Å². The standard InChI is InChI=1S/C20H18N6O2S3/c1-13-4-2-5-14(10-13)26-16(11-22-18(28)15-6-3-8-29-15)24-25-20(26)31-12-17(27)23-19-21-7-9-30-19/h2-10H,11-12H2,1H3,(H,22,28)(H,21,23,27). The lowest BCUT2D eigenvalue weighted by atomic mass is 10.2. The number of aromatic nitrogens is 4. The summed E-state index contributed by atoms with van der Waals surface area (Å²) in [5.74, 6) is 0.404. The average Bonchev–Trinajstić information content (AvgIpc) is 3.52. The monoisotopic (exact) mass is 470 g/mol. The second-order valence-corrected chi connectivity index (χ2v) is 9.19. The molecule has 0 spiro atoms. The highest BCUT2D eigenvalue weighted by molar-refractivity contribution is 7.99. The molecule has 11 heteroatoms. The smallest absolute Gasteiger partial charge is 0.261 e. The zero-order chi connectivity index (χ0) is 21.6. The fraction of sp³-hybridized carbons (Fsp3) is 0.150. The first-order valence-corrected chi connectivity index (χ1v) is 12.0. The summed E-state index contributed by atoms with van der Waals surface area (Å²) < 4.78 is 1.86. The van der Waals surface area contributed by atoms with Gasteiger partial charge in [-0.1, -0.05) is 30.0 Å². The average molecular weight is 471 g/mol.